The third kappa shape index (κ3) is 5.85. The molecule has 3 atom stereocenters. The fourth-order valence-corrected chi connectivity index (χ4v) is 4.57. The molecule has 1 saturated heterocycles. The molecule has 2 aromatic heterocycles. The van der Waals surface area contributed by atoms with E-state index < -0.39 is 6.10 Å². The van der Waals surface area contributed by atoms with E-state index in [1.807, 2.05) is 24.3 Å². The number of piperidine rings is 1. The van der Waals surface area contributed by atoms with Gasteiger partial charge in [0.25, 0.3) is 0 Å². The van der Waals surface area contributed by atoms with E-state index in [0.29, 0.717) is 24.7 Å². The summed E-state index contributed by atoms with van der Waals surface area (Å²) in [5.41, 5.74) is 1.71. The lowest BCUT2D eigenvalue weighted by molar-refractivity contribution is 0.0640. The minimum Gasteiger partial charge on any atom is -0.497 e. The number of aliphatic hydroxyl groups is 2. The van der Waals surface area contributed by atoms with E-state index in [1.165, 1.54) is 0 Å². The van der Waals surface area contributed by atoms with Gasteiger partial charge in [0.05, 0.1) is 25.3 Å². The first kappa shape index (κ1) is 23.1. The Morgan fingerprint density at radius 3 is 2.79 bits per heavy atom. The summed E-state index contributed by atoms with van der Waals surface area (Å²) >= 11 is 0. The van der Waals surface area contributed by atoms with Gasteiger partial charge in [-0.1, -0.05) is 5.92 Å². The SMILES string of the molecule is COc1ccc2nccc(C(O)CC[C@@H]3CCN(CC#Cc4ncccn4)C[C@@H]3CO)c2c1. The molecule has 3 heterocycles. The van der Waals surface area contributed by atoms with Crippen LogP contribution in [0.15, 0.2) is 48.9 Å². The number of benzene rings is 1. The van der Waals surface area contributed by atoms with Crippen LogP contribution >= 0.6 is 0 Å². The van der Waals surface area contributed by atoms with E-state index in [-0.39, 0.29) is 12.5 Å². The molecule has 0 saturated carbocycles. The Hall–Kier alpha value is -3.05. The van der Waals surface area contributed by atoms with Gasteiger partial charge in [-0.15, -0.1) is 0 Å². The van der Waals surface area contributed by atoms with Crippen LogP contribution in [0.3, 0.4) is 0 Å². The van der Waals surface area contributed by atoms with Crippen LogP contribution in [0.25, 0.3) is 10.9 Å². The molecule has 0 bridgehead atoms. The maximum Gasteiger partial charge on any atom is 0.204 e. The highest BCUT2D eigenvalue weighted by molar-refractivity contribution is 5.83. The van der Waals surface area contributed by atoms with Gasteiger partial charge < -0.3 is 14.9 Å². The van der Waals surface area contributed by atoms with Crippen LogP contribution in [0, 0.1) is 23.7 Å². The zero-order chi connectivity index (χ0) is 23.0. The molecule has 4 rings (SSSR count). The topological polar surface area (TPSA) is 91.6 Å². The minimum atomic E-state index is -0.586. The molecule has 7 nitrogen and oxygen atoms in total. The molecule has 0 spiro atoms. The van der Waals surface area contributed by atoms with Gasteiger partial charge in [0.1, 0.15) is 5.75 Å². The van der Waals surface area contributed by atoms with E-state index in [2.05, 4.69) is 31.7 Å². The summed E-state index contributed by atoms with van der Waals surface area (Å²) in [6.07, 6.45) is 7.00. The molecule has 172 valence electrons. The number of likely N-dealkylation sites (tertiary alicyclic amines) is 1. The summed E-state index contributed by atoms with van der Waals surface area (Å²) in [7, 11) is 1.63. The first-order valence-electron chi connectivity index (χ1n) is 11.4. The number of aromatic nitrogens is 3. The van der Waals surface area contributed by atoms with Crippen LogP contribution in [0.5, 0.6) is 5.75 Å². The quantitative estimate of drug-likeness (QED) is 0.539. The normalized spacial score (nSPS) is 19.6. The summed E-state index contributed by atoms with van der Waals surface area (Å²) < 4.78 is 5.35. The maximum absolute atomic E-state index is 11.0. The summed E-state index contributed by atoms with van der Waals surface area (Å²) in [6, 6.07) is 9.37. The first-order chi connectivity index (χ1) is 16.2. The van der Waals surface area contributed by atoms with Crippen LogP contribution in [-0.2, 0) is 0 Å². The smallest absolute Gasteiger partial charge is 0.204 e. The van der Waals surface area contributed by atoms with Crippen LogP contribution in [0.1, 0.15) is 36.8 Å². The molecule has 1 aliphatic heterocycles. The monoisotopic (exact) mass is 446 g/mol. The van der Waals surface area contributed by atoms with Crippen molar-refractivity contribution in [3.63, 3.8) is 0 Å². The summed E-state index contributed by atoms with van der Waals surface area (Å²) in [6.45, 7) is 2.50. The van der Waals surface area contributed by atoms with Gasteiger partial charge >= 0.3 is 0 Å². The average molecular weight is 447 g/mol. The zero-order valence-electron chi connectivity index (χ0n) is 18.9. The van der Waals surface area contributed by atoms with E-state index >= 15 is 0 Å². The van der Waals surface area contributed by atoms with Gasteiger partial charge in [0.15, 0.2) is 0 Å². The Morgan fingerprint density at radius 2 is 2.00 bits per heavy atom. The second kappa shape index (κ2) is 11.2. The van der Waals surface area contributed by atoms with Gasteiger partial charge in [0, 0.05) is 37.1 Å². The van der Waals surface area contributed by atoms with Gasteiger partial charge in [0.2, 0.25) is 5.82 Å². The predicted octanol–water partition coefficient (Wildman–Crippen LogP) is 2.83. The largest absolute Gasteiger partial charge is 0.497 e. The van der Waals surface area contributed by atoms with E-state index in [0.717, 1.165) is 48.1 Å². The second-order valence-electron chi connectivity index (χ2n) is 8.48. The number of rotatable bonds is 7. The zero-order valence-corrected chi connectivity index (χ0v) is 18.9. The maximum atomic E-state index is 11.0. The third-order valence-corrected chi connectivity index (χ3v) is 6.43. The predicted molar refractivity (Wildman–Crippen MR) is 127 cm³/mol. The summed E-state index contributed by atoms with van der Waals surface area (Å²) in [5.74, 6) is 7.96. The first-order valence-corrected chi connectivity index (χ1v) is 11.4. The lowest BCUT2D eigenvalue weighted by atomic mass is 9.81. The van der Waals surface area contributed by atoms with Crippen molar-refractivity contribution >= 4 is 10.9 Å². The number of methoxy groups -OCH3 is 1. The molecule has 3 aromatic rings. The molecule has 1 unspecified atom stereocenters. The Morgan fingerprint density at radius 1 is 1.15 bits per heavy atom. The molecule has 2 N–H and O–H groups in total. The third-order valence-electron chi connectivity index (χ3n) is 6.43. The molecule has 1 aromatic carbocycles. The Kier molecular flexibility index (Phi) is 7.84. The Bertz CT molecular complexity index is 1110. The highest BCUT2D eigenvalue weighted by Crippen LogP contribution is 2.33. The number of hydrogen-bond acceptors (Lipinski definition) is 7. The van der Waals surface area contributed by atoms with Crippen molar-refractivity contribution in [2.45, 2.75) is 25.4 Å². The molecule has 0 radical (unpaired) electrons. The van der Waals surface area contributed by atoms with Gasteiger partial charge in [-0.2, -0.15) is 0 Å². The number of fused-ring (bicyclic) bond motifs is 1. The van der Waals surface area contributed by atoms with Crippen molar-refractivity contribution < 1.29 is 14.9 Å². The van der Waals surface area contributed by atoms with E-state index in [4.69, 9.17) is 4.74 Å². The highest BCUT2D eigenvalue weighted by Gasteiger charge is 2.29. The van der Waals surface area contributed by atoms with Crippen molar-refractivity contribution in [1.29, 1.82) is 0 Å². The Labute approximate surface area is 194 Å². The lowest BCUT2D eigenvalue weighted by Crippen LogP contribution is -2.42. The van der Waals surface area contributed by atoms with Crippen molar-refractivity contribution in [3.05, 3.63) is 60.3 Å². The molecule has 1 fully saturated rings. The van der Waals surface area contributed by atoms with Crippen LogP contribution < -0.4 is 4.74 Å². The van der Waals surface area contributed by atoms with Crippen molar-refractivity contribution in [3.8, 4) is 17.6 Å². The molecule has 7 heteroatoms. The van der Waals surface area contributed by atoms with Crippen LogP contribution in [0.4, 0.5) is 0 Å². The van der Waals surface area contributed by atoms with Crippen molar-refractivity contribution in [2.75, 3.05) is 33.4 Å². The Balaban J connectivity index is 1.34. The molecular formula is C26H30N4O3. The highest BCUT2D eigenvalue weighted by atomic mass is 16.5. The second-order valence-corrected chi connectivity index (χ2v) is 8.48. The van der Waals surface area contributed by atoms with Gasteiger partial charge in [-0.3, -0.25) is 9.88 Å². The molecule has 33 heavy (non-hydrogen) atoms. The summed E-state index contributed by atoms with van der Waals surface area (Å²) in [4.78, 5) is 14.9. The number of ether oxygens (including phenoxy) is 1. The van der Waals surface area contributed by atoms with Gasteiger partial charge in [-0.25, -0.2) is 9.97 Å². The fourth-order valence-electron chi connectivity index (χ4n) is 4.57. The minimum absolute atomic E-state index is 0.141. The molecular weight excluding hydrogens is 416 g/mol. The molecule has 0 aliphatic carbocycles. The van der Waals surface area contributed by atoms with Crippen LogP contribution in [-0.4, -0.2) is 63.4 Å². The molecule has 1 aliphatic rings. The number of pyridine rings is 1. The fraction of sp³-hybridized carbons (Fsp3) is 0.423. The lowest BCUT2D eigenvalue weighted by Gasteiger charge is -2.37. The number of aliphatic hydroxyl groups excluding tert-OH is 2. The average Bonchev–Trinajstić information content (AvgIpc) is 2.87. The van der Waals surface area contributed by atoms with Crippen molar-refractivity contribution in [1.82, 2.24) is 19.9 Å². The number of hydrogen-bond donors (Lipinski definition) is 2. The van der Waals surface area contributed by atoms with Crippen LogP contribution in [0.2, 0.25) is 0 Å². The van der Waals surface area contributed by atoms with E-state index in [1.54, 1.807) is 31.8 Å². The number of nitrogens with zero attached hydrogens (tertiary/aromatic N) is 4. The summed E-state index contributed by atoms with van der Waals surface area (Å²) in [5, 5.41) is 21.9. The van der Waals surface area contributed by atoms with E-state index in [9.17, 15) is 10.2 Å². The van der Waals surface area contributed by atoms with Gasteiger partial charge in [-0.05, 0) is 79.5 Å². The standard InChI is InChI=1S/C26H30N4O3/c1-33-21-6-7-24-23(16-21)22(9-13-27-24)25(32)8-5-19-10-15-30(17-20(19)18-31)14-2-4-26-28-11-3-12-29-26/h3,6-7,9,11-13,16,19-20,25,31-32H,5,8,10,14-15,17-18H2,1H3/t19-,20-,25?/m1/s1. The van der Waals surface area contributed by atoms with Crippen molar-refractivity contribution in [2.24, 2.45) is 11.8 Å². The molecule has 0 amide bonds.